The van der Waals surface area contributed by atoms with Gasteiger partial charge < -0.3 is 4.90 Å². The summed E-state index contributed by atoms with van der Waals surface area (Å²) < 4.78 is 61.7. The molecule has 0 saturated carbocycles. The molecule has 0 aromatic carbocycles. The van der Waals surface area contributed by atoms with Crippen molar-refractivity contribution in [2.45, 2.75) is 12.6 Å². The van der Waals surface area contributed by atoms with Crippen molar-refractivity contribution in [2.24, 2.45) is 0 Å². The standard InChI is InChI=1S/C13H16F3N3O3S/c1-23(21,22)19-6-2-5-18(7-8-19)12(20)10-3-4-11(17-9-10)13(14,15)16/h3-4,9H,2,5-8H2,1H3. The van der Waals surface area contributed by atoms with E-state index in [9.17, 15) is 26.4 Å². The molecule has 1 aliphatic heterocycles. The molecule has 6 nitrogen and oxygen atoms in total. The molecule has 1 aromatic rings. The van der Waals surface area contributed by atoms with Crippen LogP contribution in [0.3, 0.4) is 0 Å². The molecule has 1 aromatic heterocycles. The van der Waals surface area contributed by atoms with Gasteiger partial charge in [0, 0.05) is 32.4 Å². The van der Waals surface area contributed by atoms with Crippen LogP contribution in [0.15, 0.2) is 18.3 Å². The maximum absolute atomic E-state index is 12.5. The Morgan fingerprint density at radius 1 is 1.17 bits per heavy atom. The van der Waals surface area contributed by atoms with E-state index < -0.39 is 27.8 Å². The molecule has 0 spiro atoms. The summed E-state index contributed by atoms with van der Waals surface area (Å²) in [6.45, 7) is 1.01. The molecule has 0 aliphatic carbocycles. The SMILES string of the molecule is CS(=O)(=O)N1CCCN(C(=O)c2ccc(C(F)(F)F)nc2)CC1. The van der Waals surface area contributed by atoms with E-state index in [1.54, 1.807) is 0 Å². The monoisotopic (exact) mass is 351 g/mol. The van der Waals surface area contributed by atoms with E-state index in [-0.39, 0.29) is 18.7 Å². The lowest BCUT2D eigenvalue weighted by Gasteiger charge is -2.21. The van der Waals surface area contributed by atoms with Crippen LogP contribution in [-0.4, -0.2) is 60.9 Å². The molecule has 2 rings (SSSR count). The van der Waals surface area contributed by atoms with Crippen LogP contribution in [0.2, 0.25) is 0 Å². The molecule has 0 radical (unpaired) electrons. The van der Waals surface area contributed by atoms with Crippen molar-refractivity contribution < 1.29 is 26.4 Å². The largest absolute Gasteiger partial charge is 0.433 e. The number of pyridine rings is 1. The normalized spacial score (nSPS) is 17.8. The van der Waals surface area contributed by atoms with Gasteiger partial charge in [0.05, 0.1) is 11.8 Å². The van der Waals surface area contributed by atoms with Gasteiger partial charge in [0.25, 0.3) is 5.91 Å². The van der Waals surface area contributed by atoms with Crippen molar-refractivity contribution in [3.8, 4) is 0 Å². The first-order chi connectivity index (χ1) is 10.6. The average molecular weight is 351 g/mol. The Labute approximate surface area is 132 Å². The molecule has 10 heteroatoms. The number of alkyl halides is 3. The van der Waals surface area contributed by atoms with Crippen molar-refractivity contribution in [2.75, 3.05) is 32.4 Å². The Balaban J connectivity index is 2.09. The van der Waals surface area contributed by atoms with Gasteiger partial charge in [-0.05, 0) is 18.6 Å². The highest BCUT2D eigenvalue weighted by Gasteiger charge is 2.32. The Bertz CT molecular complexity index is 674. The molecular weight excluding hydrogens is 335 g/mol. The van der Waals surface area contributed by atoms with E-state index in [0.717, 1.165) is 24.6 Å². The fourth-order valence-electron chi connectivity index (χ4n) is 2.30. The number of hydrogen-bond donors (Lipinski definition) is 0. The van der Waals surface area contributed by atoms with Crippen LogP contribution in [0.4, 0.5) is 13.2 Å². The fraction of sp³-hybridized carbons (Fsp3) is 0.538. The predicted octanol–water partition coefficient (Wildman–Crippen LogP) is 1.21. The molecule has 0 N–H and O–H groups in total. The van der Waals surface area contributed by atoms with Crippen molar-refractivity contribution >= 4 is 15.9 Å². The molecule has 0 unspecified atom stereocenters. The number of halogens is 3. The second-order valence-electron chi connectivity index (χ2n) is 5.24. The van der Waals surface area contributed by atoms with E-state index in [0.29, 0.717) is 19.5 Å². The summed E-state index contributed by atoms with van der Waals surface area (Å²) in [4.78, 5) is 17.0. The van der Waals surface area contributed by atoms with Crippen LogP contribution in [0, 0.1) is 0 Å². The first kappa shape index (κ1) is 17.7. The number of hydrogen-bond acceptors (Lipinski definition) is 4. The Morgan fingerprint density at radius 2 is 1.87 bits per heavy atom. The van der Waals surface area contributed by atoms with Gasteiger partial charge in [0.15, 0.2) is 0 Å². The summed E-state index contributed by atoms with van der Waals surface area (Å²) in [6.07, 6.45) is -2.10. The van der Waals surface area contributed by atoms with Gasteiger partial charge in [-0.2, -0.15) is 13.2 Å². The topological polar surface area (TPSA) is 70.6 Å². The van der Waals surface area contributed by atoms with E-state index >= 15 is 0 Å². The zero-order valence-electron chi connectivity index (χ0n) is 12.4. The summed E-state index contributed by atoms with van der Waals surface area (Å²) in [7, 11) is -3.33. The third-order valence-electron chi connectivity index (χ3n) is 3.51. The molecular formula is C13H16F3N3O3S. The summed E-state index contributed by atoms with van der Waals surface area (Å²) >= 11 is 0. The predicted molar refractivity (Wildman–Crippen MR) is 76.2 cm³/mol. The second-order valence-corrected chi connectivity index (χ2v) is 7.22. The van der Waals surface area contributed by atoms with E-state index in [1.807, 2.05) is 0 Å². The van der Waals surface area contributed by atoms with Crippen molar-refractivity contribution in [3.63, 3.8) is 0 Å². The Kier molecular flexibility index (Phi) is 4.95. The molecule has 2 heterocycles. The lowest BCUT2D eigenvalue weighted by atomic mass is 10.2. The van der Waals surface area contributed by atoms with E-state index in [1.165, 1.54) is 9.21 Å². The van der Waals surface area contributed by atoms with E-state index in [4.69, 9.17) is 0 Å². The second kappa shape index (κ2) is 6.44. The highest BCUT2D eigenvalue weighted by atomic mass is 32.2. The number of carbonyl (C=O) groups excluding carboxylic acids is 1. The van der Waals surface area contributed by atoms with Crippen LogP contribution in [-0.2, 0) is 16.2 Å². The molecule has 1 amide bonds. The number of rotatable bonds is 2. The molecule has 128 valence electrons. The third-order valence-corrected chi connectivity index (χ3v) is 4.82. The van der Waals surface area contributed by atoms with Crippen LogP contribution in [0.1, 0.15) is 22.5 Å². The van der Waals surface area contributed by atoms with Crippen molar-refractivity contribution in [1.82, 2.24) is 14.2 Å². The minimum atomic E-state index is -4.56. The van der Waals surface area contributed by atoms with Crippen LogP contribution in [0.25, 0.3) is 0 Å². The molecule has 0 bridgehead atoms. The van der Waals surface area contributed by atoms with Crippen molar-refractivity contribution in [1.29, 1.82) is 0 Å². The van der Waals surface area contributed by atoms with Gasteiger partial charge in [-0.15, -0.1) is 0 Å². The summed E-state index contributed by atoms with van der Waals surface area (Å²) in [6, 6.07) is 1.84. The molecule has 1 aliphatic rings. The zero-order valence-corrected chi connectivity index (χ0v) is 13.2. The van der Waals surface area contributed by atoms with Gasteiger partial charge in [-0.1, -0.05) is 0 Å². The van der Waals surface area contributed by atoms with Crippen LogP contribution in [0.5, 0.6) is 0 Å². The molecule has 0 atom stereocenters. The number of nitrogens with zero attached hydrogens (tertiary/aromatic N) is 3. The Morgan fingerprint density at radius 3 is 2.39 bits per heavy atom. The maximum atomic E-state index is 12.5. The van der Waals surface area contributed by atoms with Crippen LogP contribution >= 0.6 is 0 Å². The number of aromatic nitrogens is 1. The average Bonchev–Trinajstić information content (AvgIpc) is 2.71. The number of carbonyl (C=O) groups is 1. The highest BCUT2D eigenvalue weighted by molar-refractivity contribution is 7.88. The quantitative estimate of drug-likeness (QED) is 0.803. The maximum Gasteiger partial charge on any atom is 0.433 e. The van der Waals surface area contributed by atoms with Crippen LogP contribution < -0.4 is 0 Å². The number of sulfonamides is 1. The third kappa shape index (κ3) is 4.41. The van der Waals surface area contributed by atoms with Gasteiger partial charge in [0.2, 0.25) is 10.0 Å². The summed E-state index contributed by atoms with van der Waals surface area (Å²) in [5.41, 5.74) is -1.01. The first-order valence-corrected chi connectivity index (χ1v) is 8.71. The van der Waals surface area contributed by atoms with Gasteiger partial charge in [0.1, 0.15) is 5.69 Å². The van der Waals surface area contributed by atoms with Gasteiger partial charge in [-0.3, -0.25) is 9.78 Å². The smallest absolute Gasteiger partial charge is 0.337 e. The molecule has 1 fully saturated rings. The van der Waals surface area contributed by atoms with Gasteiger partial charge in [-0.25, -0.2) is 12.7 Å². The Hall–Kier alpha value is -1.68. The van der Waals surface area contributed by atoms with E-state index in [2.05, 4.69) is 4.98 Å². The highest BCUT2D eigenvalue weighted by Crippen LogP contribution is 2.27. The van der Waals surface area contributed by atoms with Gasteiger partial charge >= 0.3 is 6.18 Å². The fourth-order valence-corrected chi connectivity index (χ4v) is 3.17. The molecule has 1 saturated heterocycles. The first-order valence-electron chi connectivity index (χ1n) is 6.86. The lowest BCUT2D eigenvalue weighted by Crippen LogP contribution is -2.37. The summed E-state index contributed by atoms with van der Waals surface area (Å²) in [5, 5.41) is 0. The number of amides is 1. The summed E-state index contributed by atoms with van der Waals surface area (Å²) in [5.74, 6) is -0.457. The molecule has 23 heavy (non-hydrogen) atoms. The minimum Gasteiger partial charge on any atom is -0.337 e. The van der Waals surface area contributed by atoms with Crippen molar-refractivity contribution in [3.05, 3.63) is 29.6 Å². The minimum absolute atomic E-state index is 0.0470. The zero-order chi connectivity index (χ0) is 17.3. The lowest BCUT2D eigenvalue weighted by molar-refractivity contribution is -0.141.